The molecule has 1 fully saturated rings. The number of sulfonamides is 1. The Bertz CT molecular complexity index is 1230. The van der Waals surface area contributed by atoms with Gasteiger partial charge in [0.25, 0.3) is 5.91 Å². The number of carbonyl (C=O) groups is 1. The van der Waals surface area contributed by atoms with E-state index in [4.69, 9.17) is 16.3 Å². The van der Waals surface area contributed by atoms with E-state index in [2.05, 4.69) is 10.3 Å². The van der Waals surface area contributed by atoms with Gasteiger partial charge in [-0.05, 0) is 44.0 Å². The Labute approximate surface area is 180 Å². The van der Waals surface area contributed by atoms with E-state index >= 15 is 0 Å². The highest BCUT2D eigenvalue weighted by molar-refractivity contribution is 7.89. The summed E-state index contributed by atoms with van der Waals surface area (Å²) >= 11 is 6.40. The molecule has 3 aromatic rings. The number of aromatic amines is 1. The molecule has 1 aliphatic rings. The molecule has 1 amide bonds. The molecule has 2 N–H and O–H groups in total. The molecule has 1 aliphatic heterocycles. The molecule has 1 saturated heterocycles. The fourth-order valence-electron chi connectivity index (χ4n) is 3.65. The third-order valence-electron chi connectivity index (χ3n) is 5.22. The van der Waals surface area contributed by atoms with Gasteiger partial charge in [-0.1, -0.05) is 23.2 Å². The maximum absolute atomic E-state index is 12.9. The fraction of sp³-hybridized carbons (Fsp3) is 0.286. The Balaban J connectivity index is 1.62. The van der Waals surface area contributed by atoms with Gasteiger partial charge in [0.2, 0.25) is 10.0 Å². The van der Waals surface area contributed by atoms with Crippen LogP contribution < -0.4 is 10.1 Å². The van der Waals surface area contributed by atoms with Crippen molar-refractivity contribution in [3.8, 4) is 5.75 Å². The molecular formula is C21H22ClN3O4S. The van der Waals surface area contributed by atoms with Crippen LogP contribution in [0.25, 0.3) is 10.9 Å². The summed E-state index contributed by atoms with van der Waals surface area (Å²) in [4.78, 5) is 15.9. The quantitative estimate of drug-likeness (QED) is 0.613. The van der Waals surface area contributed by atoms with E-state index in [1.54, 1.807) is 6.07 Å². The lowest BCUT2D eigenvalue weighted by Crippen LogP contribution is -2.28. The van der Waals surface area contributed by atoms with E-state index in [0.29, 0.717) is 23.8 Å². The minimum atomic E-state index is -3.64. The van der Waals surface area contributed by atoms with E-state index in [9.17, 15) is 13.2 Å². The molecule has 7 nitrogen and oxygen atoms in total. The number of aryl methyl sites for hydroxylation is 1. The highest BCUT2D eigenvalue weighted by atomic mass is 35.5. The first-order chi connectivity index (χ1) is 14.3. The number of amides is 1. The number of nitrogens with zero attached hydrogens (tertiary/aromatic N) is 1. The normalized spacial score (nSPS) is 14.9. The van der Waals surface area contributed by atoms with Crippen molar-refractivity contribution < 1.29 is 17.9 Å². The number of nitrogens with one attached hydrogen (secondary N) is 2. The summed E-state index contributed by atoms with van der Waals surface area (Å²) < 4.78 is 32.5. The maximum atomic E-state index is 12.9. The zero-order valence-electron chi connectivity index (χ0n) is 16.7. The number of carbonyl (C=O) groups excluding carboxylic acids is 1. The maximum Gasteiger partial charge on any atom is 0.273 e. The molecule has 0 atom stereocenters. The summed E-state index contributed by atoms with van der Waals surface area (Å²) in [5.74, 6) is -0.246. The van der Waals surface area contributed by atoms with Crippen molar-refractivity contribution in [2.24, 2.45) is 0 Å². The van der Waals surface area contributed by atoms with Crippen LogP contribution in [0.3, 0.4) is 0 Å². The highest BCUT2D eigenvalue weighted by Crippen LogP contribution is 2.32. The van der Waals surface area contributed by atoms with Gasteiger partial charge in [-0.25, -0.2) is 8.42 Å². The number of aromatic nitrogens is 1. The van der Waals surface area contributed by atoms with Crippen LogP contribution in [0, 0.1) is 6.92 Å². The Morgan fingerprint density at radius 1 is 1.17 bits per heavy atom. The van der Waals surface area contributed by atoms with Crippen LogP contribution in [0.5, 0.6) is 5.75 Å². The lowest BCUT2D eigenvalue weighted by atomic mass is 10.2. The Morgan fingerprint density at radius 2 is 1.90 bits per heavy atom. The van der Waals surface area contributed by atoms with Crippen LogP contribution in [-0.4, -0.2) is 43.8 Å². The number of methoxy groups -OCH3 is 1. The second kappa shape index (κ2) is 7.94. The monoisotopic (exact) mass is 447 g/mol. The zero-order valence-corrected chi connectivity index (χ0v) is 18.2. The first-order valence-electron chi connectivity index (χ1n) is 9.58. The van der Waals surface area contributed by atoms with E-state index in [-0.39, 0.29) is 16.3 Å². The largest absolute Gasteiger partial charge is 0.495 e. The van der Waals surface area contributed by atoms with Gasteiger partial charge in [-0.3, -0.25) is 4.79 Å². The van der Waals surface area contributed by atoms with E-state index in [0.717, 1.165) is 29.3 Å². The van der Waals surface area contributed by atoms with Crippen LogP contribution in [0.4, 0.5) is 5.69 Å². The summed E-state index contributed by atoms with van der Waals surface area (Å²) in [5.41, 5.74) is 2.45. The lowest BCUT2D eigenvalue weighted by molar-refractivity contribution is 0.102. The molecule has 0 saturated carbocycles. The molecule has 0 bridgehead atoms. The average Bonchev–Trinajstić information content (AvgIpc) is 3.37. The second-order valence-electron chi connectivity index (χ2n) is 7.29. The molecule has 2 aromatic carbocycles. The van der Waals surface area contributed by atoms with Gasteiger partial charge in [0.15, 0.2) is 0 Å². The van der Waals surface area contributed by atoms with Gasteiger partial charge in [-0.15, -0.1) is 0 Å². The standard InChI is InChI=1S/C21H22ClN3O4S/c1-13-5-7-16-15(11-13)19(22)20(24-16)21(26)23-14-6-8-18(17(12-14)29-2)30(27,28)25-9-3-4-10-25/h5-8,11-12,24H,3-4,9-10H2,1-2H3,(H,23,26). The van der Waals surface area contributed by atoms with E-state index < -0.39 is 15.9 Å². The van der Waals surface area contributed by atoms with Crippen molar-refractivity contribution in [1.29, 1.82) is 0 Å². The van der Waals surface area contributed by atoms with Gasteiger partial charge in [-0.2, -0.15) is 4.31 Å². The molecule has 0 unspecified atom stereocenters. The third-order valence-corrected chi connectivity index (χ3v) is 7.55. The number of hydrogen-bond donors (Lipinski definition) is 2. The van der Waals surface area contributed by atoms with Gasteiger partial charge in [0.05, 0.1) is 12.1 Å². The topological polar surface area (TPSA) is 91.5 Å². The van der Waals surface area contributed by atoms with Crippen LogP contribution >= 0.6 is 11.6 Å². The number of ether oxygens (including phenoxy) is 1. The van der Waals surface area contributed by atoms with Crippen LogP contribution in [0.15, 0.2) is 41.3 Å². The SMILES string of the molecule is COc1cc(NC(=O)c2[nH]c3ccc(C)cc3c2Cl)ccc1S(=O)(=O)N1CCCC1. The van der Waals surface area contributed by atoms with Gasteiger partial charge in [0.1, 0.15) is 16.3 Å². The highest BCUT2D eigenvalue weighted by Gasteiger charge is 2.30. The average molecular weight is 448 g/mol. The molecule has 30 heavy (non-hydrogen) atoms. The Morgan fingerprint density at radius 3 is 2.60 bits per heavy atom. The van der Waals surface area contributed by atoms with Crippen molar-refractivity contribution in [3.63, 3.8) is 0 Å². The molecular weight excluding hydrogens is 426 g/mol. The third kappa shape index (κ3) is 3.66. The number of fused-ring (bicyclic) bond motifs is 1. The van der Waals surface area contributed by atoms with Gasteiger partial charge < -0.3 is 15.0 Å². The Hall–Kier alpha value is -2.55. The van der Waals surface area contributed by atoms with Crippen molar-refractivity contribution in [3.05, 3.63) is 52.7 Å². The first kappa shape index (κ1) is 20.7. The molecule has 0 radical (unpaired) electrons. The number of H-pyrrole nitrogens is 1. The van der Waals surface area contributed by atoms with Crippen LogP contribution in [-0.2, 0) is 10.0 Å². The lowest BCUT2D eigenvalue weighted by Gasteiger charge is -2.18. The minimum Gasteiger partial charge on any atom is -0.495 e. The van der Waals surface area contributed by atoms with Gasteiger partial charge in [0, 0.05) is 35.7 Å². The Kier molecular flexibility index (Phi) is 5.48. The van der Waals surface area contributed by atoms with Gasteiger partial charge >= 0.3 is 0 Å². The predicted octanol–water partition coefficient (Wildman–Crippen LogP) is 4.18. The van der Waals surface area contributed by atoms with E-state index in [1.807, 2.05) is 25.1 Å². The molecule has 9 heteroatoms. The number of hydrogen-bond acceptors (Lipinski definition) is 4. The van der Waals surface area contributed by atoms with Crippen molar-refractivity contribution in [1.82, 2.24) is 9.29 Å². The van der Waals surface area contributed by atoms with Crippen LogP contribution in [0.2, 0.25) is 5.02 Å². The van der Waals surface area contributed by atoms with Crippen molar-refractivity contribution >= 4 is 44.1 Å². The fourth-order valence-corrected chi connectivity index (χ4v) is 5.59. The van der Waals surface area contributed by atoms with Crippen molar-refractivity contribution in [2.45, 2.75) is 24.7 Å². The smallest absolute Gasteiger partial charge is 0.273 e. The summed E-state index contributed by atoms with van der Waals surface area (Å²) in [7, 11) is -2.24. The molecule has 0 aliphatic carbocycles. The summed E-state index contributed by atoms with van der Waals surface area (Å²) in [6.07, 6.45) is 1.70. The number of halogens is 1. The summed E-state index contributed by atoms with van der Waals surface area (Å²) in [6.45, 7) is 2.96. The second-order valence-corrected chi connectivity index (χ2v) is 9.58. The first-order valence-corrected chi connectivity index (χ1v) is 11.4. The number of rotatable bonds is 5. The minimum absolute atomic E-state index is 0.0871. The van der Waals surface area contributed by atoms with Crippen molar-refractivity contribution in [2.75, 3.05) is 25.5 Å². The zero-order chi connectivity index (χ0) is 21.5. The number of anilines is 1. The van der Waals surface area contributed by atoms with Crippen LogP contribution in [0.1, 0.15) is 28.9 Å². The summed E-state index contributed by atoms with van der Waals surface area (Å²) in [6, 6.07) is 10.2. The number of benzene rings is 2. The van der Waals surface area contributed by atoms with E-state index in [1.165, 1.54) is 23.5 Å². The molecule has 158 valence electrons. The molecule has 4 rings (SSSR count). The predicted molar refractivity (Wildman–Crippen MR) is 117 cm³/mol. The summed E-state index contributed by atoms with van der Waals surface area (Å²) in [5, 5.41) is 3.86. The molecule has 2 heterocycles. The molecule has 0 spiro atoms. The molecule has 1 aromatic heterocycles.